The molecule has 0 spiro atoms. The van der Waals surface area contributed by atoms with E-state index in [1.807, 2.05) is 36.6 Å². The Morgan fingerprint density at radius 2 is 2.06 bits per heavy atom. The molecule has 0 saturated heterocycles. The Hall–Kier alpha value is -0.100. The minimum Gasteiger partial charge on any atom is -0.384 e. The van der Waals surface area contributed by atoms with Crippen LogP contribution in [0.3, 0.4) is 0 Å². The highest BCUT2D eigenvalue weighted by Crippen LogP contribution is 2.29. The lowest BCUT2D eigenvalue weighted by atomic mass is 10.0. The predicted octanol–water partition coefficient (Wildman–Crippen LogP) is 4.40. The molecule has 1 nitrogen and oxygen atoms in total. The first-order chi connectivity index (χ1) is 7.58. The van der Waals surface area contributed by atoms with Crippen molar-refractivity contribution < 1.29 is 5.11 Å². The molecule has 4 heteroatoms. The predicted molar refractivity (Wildman–Crippen MR) is 77.3 cm³/mol. The van der Waals surface area contributed by atoms with Gasteiger partial charge in [-0.2, -0.15) is 0 Å². The maximum atomic E-state index is 10.2. The Kier molecular flexibility index (Phi) is 3.89. The fourth-order valence-electron chi connectivity index (χ4n) is 1.44. The molecule has 1 atom stereocenters. The van der Waals surface area contributed by atoms with Gasteiger partial charge in [0.15, 0.2) is 0 Å². The first-order valence-corrected chi connectivity index (χ1v) is 7.09. The molecule has 2 rings (SSSR count). The summed E-state index contributed by atoms with van der Waals surface area (Å²) in [5, 5.41) is 12.8. The lowest BCUT2D eigenvalue weighted by Crippen LogP contribution is -1.98. The molecule has 0 aliphatic carbocycles. The van der Waals surface area contributed by atoms with Gasteiger partial charge in [0, 0.05) is 5.02 Å². The van der Waals surface area contributed by atoms with Gasteiger partial charge in [-0.1, -0.05) is 23.7 Å². The van der Waals surface area contributed by atoms with Crippen molar-refractivity contribution in [3.05, 3.63) is 54.2 Å². The van der Waals surface area contributed by atoms with Crippen molar-refractivity contribution in [2.24, 2.45) is 0 Å². The van der Waals surface area contributed by atoms with Gasteiger partial charge in [0.2, 0.25) is 0 Å². The number of hydrogen-bond acceptors (Lipinski definition) is 2. The summed E-state index contributed by atoms with van der Waals surface area (Å²) in [6.45, 7) is 1.95. The van der Waals surface area contributed by atoms with Crippen molar-refractivity contribution in [2.75, 3.05) is 0 Å². The molecule has 1 aromatic heterocycles. The van der Waals surface area contributed by atoms with E-state index in [-0.39, 0.29) is 0 Å². The number of thiophene rings is 1. The van der Waals surface area contributed by atoms with Crippen molar-refractivity contribution in [1.82, 2.24) is 0 Å². The average molecular weight is 365 g/mol. The standard InChI is InChI=1S/C12H10ClIOS/c1-7-2-3-8(4-10(7)13)12(15)9-5-11(14)16-6-9/h2-6,12,15H,1H3. The van der Waals surface area contributed by atoms with E-state index in [9.17, 15) is 5.11 Å². The van der Waals surface area contributed by atoms with Gasteiger partial charge < -0.3 is 5.11 Å². The van der Waals surface area contributed by atoms with Gasteiger partial charge in [-0.15, -0.1) is 11.3 Å². The molecule has 0 amide bonds. The summed E-state index contributed by atoms with van der Waals surface area (Å²) in [5.41, 5.74) is 2.79. The first-order valence-electron chi connectivity index (χ1n) is 4.76. The van der Waals surface area contributed by atoms with Crippen LogP contribution in [0.2, 0.25) is 5.02 Å². The maximum absolute atomic E-state index is 10.2. The van der Waals surface area contributed by atoms with E-state index < -0.39 is 6.10 Å². The zero-order valence-electron chi connectivity index (χ0n) is 8.58. The van der Waals surface area contributed by atoms with Crippen LogP contribution in [0.1, 0.15) is 22.8 Å². The number of halogens is 2. The number of benzene rings is 1. The van der Waals surface area contributed by atoms with Crippen LogP contribution in [-0.2, 0) is 0 Å². The number of aryl methyl sites for hydroxylation is 1. The maximum Gasteiger partial charge on any atom is 0.105 e. The van der Waals surface area contributed by atoms with E-state index in [0.717, 1.165) is 16.7 Å². The Morgan fingerprint density at radius 1 is 1.31 bits per heavy atom. The third-order valence-electron chi connectivity index (χ3n) is 2.42. The molecular weight excluding hydrogens is 355 g/mol. The largest absolute Gasteiger partial charge is 0.384 e. The summed E-state index contributed by atoms with van der Waals surface area (Å²) < 4.78 is 1.17. The molecular formula is C12H10ClIOS. The number of aliphatic hydroxyl groups is 1. The van der Waals surface area contributed by atoms with Gasteiger partial charge in [0.25, 0.3) is 0 Å². The van der Waals surface area contributed by atoms with Crippen LogP contribution in [0.15, 0.2) is 29.6 Å². The topological polar surface area (TPSA) is 20.2 Å². The van der Waals surface area contributed by atoms with E-state index >= 15 is 0 Å². The van der Waals surface area contributed by atoms with Crippen LogP contribution in [0.4, 0.5) is 0 Å². The zero-order chi connectivity index (χ0) is 11.7. The Morgan fingerprint density at radius 3 is 2.62 bits per heavy atom. The molecule has 16 heavy (non-hydrogen) atoms. The summed E-state index contributed by atoms with van der Waals surface area (Å²) in [4.78, 5) is 0. The third-order valence-corrected chi connectivity index (χ3v) is 4.63. The quantitative estimate of drug-likeness (QED) is 0.783. The molecule has 84 valence electrons. The smallest absolute Gasteiger partial charge is 0.105 e. The Labute approximate surface area is 117 Å². The molecule has 1 unspecified atom stereocenters. The van der Waals surface area contributed by atoms with Crippen molar-refractivity contribution in [3.63, 3.8) is 0 Å². The second kappa shape index (κ2) is 5.04. The SMILES string of the molecule is Cc1ccc(C(O)c2csc(I)c2)cc1Cl. The number of hydrogen-bond donors (Lipinski definition) is 1. The highest BCUT2D eigenvalue weighted by Gasteiger charge is 2.12. The van der Waals surface area contributed by atoms with Crippen LogP contribution in [0.5, 0.6) is 0 Å². The van der Waals surface area contributed by atoms with Gasteiger partial charge in [0.1, 0.15) is 6.10 Å². The fourth-order valence-corrected chi connectivity index (χ4v) is 3.02. The molecule has 1 N–H and O–H groups in total. The second-order valence-corrected chi connectivity index (χ2v) is 6.81. The van der Waals surface area contributed by atoms with Gasteiger partial charge in [-0.05, 0) is 63.7 Å². The van der Waals surface area contributed by atoms with Crippen LogP contribution in [0.25, 0.3) is 0 Å². The lowest BCUT2D eigenvalue weighted by Gasteiger charge is -2.10. The first kappa shape index (κ1) is 12.4. The highest BCUT2D eigenvalue weighted by molar-refractivity contribution is 14.1. The Balaban J connectivity index is 2.33. The normalized spacial score (nSPS) is 12.8. The molecule has 1 heterocycles. The van der Waals surface area contributed by atoms with E-state index in [1.54, 1.807) is 11.3 Å². The van der Waals surface area contributed by atoms with Gasteiger partial charge >= 0.3 is 0 Å². The Bertz CT molecular complexity index is 509. The summed E-state index contributed by atoms with van der Waals surface area (Å²) in [6.07, 6.45) is -0.585. The summed E-state index contributed by atoms with van der Waals surface area (Å²) in [6, 6.07) is 7.66. The number of rotatable bonds is 2. The zero-order valence-corrected chi connectivity index (χ0v) is 12.3. The molecule has 0 aliphatic heterocycles. The van der Waals surface area contributed by atoms with Crippen molar-refractivity contribution in [1.29, 1.82) is 0 Å². The average Bonchev–Trinajstić information content (AvgIpc) is 2.68. The van der Waals surface area contributed by atoms with Crippen LogP contribution in [0, 0.1) is 9.81 Å². The van der Waals surface area contributed by atoms with Crippen molar-refractivity contribution in [3.8, 4) is 0 Å². The minimum atomic E-state index is -0.585. The molecule has 0 aliphatic rings. The highest BCUT2D eigenvalue weighted by atomic mass is 127. The summed E-state index contributed by atoms with van der Waals surface area (Å²) in [7, 11) is 0. The van der Waals surface area contributed by atoms with Crippen LogP contribution < -0.4 is 0 Å². The molecule has 0 fully saturated rings. The molecule has 0 radical (unpaired) electrons. The van der Waals surface area contributed by atoms with Crippen molar-refractivity contribution in [2.45, 2.75) is 13.0 Å². The lowest BCUT2D eigenvalue weighted by molar-refractivity contribution is 0.221. The van der Waals surface area contributed by atoms with E-state index in [1.165, 1.54) is 2.88 Å². The monoisotopic (exact) mass is 364 g/mol. The van der Waals surface area contributed by atoms with E-state index in [4.69, 9.17) is 11.6 Å². The molecule has 2 aromatic rings. The molecule has 0 saturated carbocycles. The van der Waals surface area contributed by atoms with Crippen LogP contribution in [-0.4, -0.2) is 5.11 Å². The van der Waals surface area contributed by atoms with Crippen molar-refractivity contribution >= 4 is 45.5 Å². The summed E-state index contributed by atoms with van der Waals surface area (Å²) >= 11 is 9.92. The number of aliphatic hydroxyl groups excluding tert-OH is 1. The minimum absolute atomic E-state index is 0.585. The second-order valence-electron chi connectivity index (χ2n) is 3.60. The van der Waals surface area contributed by atoms with E-state index in [0.29, 0.717) is 5.02 Å². The van der Waals surface area contributed by atoms with Gasteiger partial charge in [-0.25, -0.2) is 0 Å². The third kappa shape index (κ3) is 2.59. The summed E-state index contributed by atoms with van der Waals surface area (Å²) in [5.74, 6) is 0. The van der Waals surface area contributed by atoms with Gasteiger partial charge in [0.05, 0.1) is 2.88 Å². The van der Waals surface area contributed by atoms with Crippen LogP contribution >= 0.6 is 45.5 Å². The molecule has 0 bridgehead atoms. The molecule has 1 aromatic carbocycles. The fraction of sp³-hybridized carbons (Fsp3) is 0.167. The van der Waals surface area contributed by atoms with E-state index in [2.05, 4.69) is 22.6 Å². The van der Waals surface area contributed by atoms with Gasteiger partial charge in [-0.3, -0.25) is 0 Å².